The fourth-order valence-corrected chi connectivity index (χ4v) is 2.98. The zero-order valence-electron chi connectivity index (χ0n) is 12.7. The number of fused-ring (bicyclic) bond motifs is 1. The Kier molecular flexibility index (Phi) is 4.20. The summed E-state index contributed by atoms with van der Waals surface area (Å²) in [6.07, 6.45) is 5.50. The molecule has 1 heterocycles. The summed E-state index contributed by atoms with van der Waals surface area (Å²) in [6, 6.07) is 10.7. The Morgan fingerprint density at radius 1 is 1.33 bits per heavy atom. The summed E-state index contributed by atoms with van der Waals surface area (Å²) in [5.74, 6) is 0.957. The van der Waals surface area contributed by atoms with E-state index in [0.29, 0.717) is 0 Å². The molecule has 21 heavy (non-hydrogen) atoms. The number of nitrogens with one attached hydrogen (secondary N) is 1. The summed E-state index contributed by atoms with van der Waals surface area (Å²) < 4.78 is 6.37. The third-order valence-corrected chi connectivity index (χ3v) is 4.03. The first-order valence-corrected chi connectivity index (χ1v) is 7.62. The lowest BCUT2D eigenvalue weighted by molar-refractivity contribution is 0.181. The lowest BCUT2D eigenvalue weighted by Gasteiger charge is -2.27. The summed E-state index contributed by atoms with van der Waals surface area (Å²) in [6.45, 7) is 2.78. The number of benzene rings is 1. The van der Waals surface area contributed by atoms with E-state index in [1.807, 2.05) is 26.2 Å². The fourth-order valence-electron chi connectivity index (χ4n) is 2.98. The van der Waals surface area contributed by atoms with E-state index in [9.17, 15) is 0 Å². The Hall–Kier alpha value is -1.87. The van der Waals surface area contributed by atoms with Crippen LogP contribution >= 0.6 is 0 Å². The first-order valence-electron chi connectivity index (χ1n) is 7.62. The zero-order chi connectivity index (χ0) is 14.7. The van der Waals surface area contributed by atoms with Gasteiger partial charge in [0.05, 0.1) is 0 Å². The molecule has 1 atom stereocenters. The van der Waals surface area contributed by atoms with Crippen molar-refractivity contribution >= 4 is 0 Å². The molecule has 3 heteroatoms. The minimum absolute atomic E-state index is 0.160. The summed E-state index contributed by atoms with van der Waals surface area (Å²) in [7, 11) is 1.94. The Labute approximate surface area is 126 Å². The highest BCUT2D eigenvalue weighted by Crippen LogP contribution is 2.34. The van der Waals surface area contributed by atoms with Gasteiger partial charge in [0.1, 0.15) is 11.9 Å². The molecule has 0 radical (unpaired) electrons. The molecule has 110 valence electrons. The molecular weight excluding hydrogens is 260 g/mol. The lowest BCUT2D eigenvalue weighted by Crippen LogP contribution is -2.17. The van der Waals surface area contributed by atoms with Gasteiger partial charge in [0.2, 0.25) is 0 Å². The fraction of sp³-hybridized carbons (Fsp3) is 0.389. The highest BCUT2D eigenvalue weighted by Gasteiger charge is 2.22. The molecule has 1 aromatic heterocycles. The zero-order valence-corrected chi connectivity index (χ0v) is 12.7. The third-order valence-electron chi connectivity index (χ3n) is 4.03. The van der Waals surface area contributed by atoms with Crippen molar-refractivity contribution in [2.24, 2.45) is 0 Å². The van der Waals surface area contributed by atoms with Gasteiger partial charge in [0.25, 0.3) is 0 Å². The van der Waals surface area contributed by atoms with Gasteiger partial charge in [-0.15, -0.1) is 0 Å². The Morgan fingerprint density at radius 3 is 3.05 bits per heavy atom. The Balaban J connectivity index is 1.89. The molecule has 0 spiro atoms. The van der Waals surface area contributed by atoms with Crippen molar-refractivity contribution in [2.75, 3.05) is 7.05 Å². The van der Waals surface area contributed by atoms with Crippen molar-refractivity contribution in [1.82, 2.24) is 10.3 Å². The van der Waals surface area contributed by atoms with Crippen LogP contribution in [0.25, 0.3) is 0 Å². The van der Waals surface area contributed by atoms with Gasteiger partial charge in [-0.3, -0.25) is 4.98 Å². The van der Waals surface area contributed by atoms with E-state index in [1.165, 1.54) is 17.5 Å². The van der Waals surface area contributed by atoms with E-state index in [4.69, 9.17) is 4.74 Å². The third kappa shape index (κ3) is 3.08. The first-order chi connectivity index (χ1) is 10.3. The number of rotatable bonds is 4. The minimum atomic E-state index is 0.160. The number of aryl methyl sites for hydroxylation is 2. The number of hydrogen-bond donors (Lipinski definition) is 1. The van der Waals surface area contributed by atoms with Crippen molar-refractivity contribution in [3.05, 3.63) is 58.9 Å². The molecule has 0 aliphatic heterocycles. The number of pyridine rings is 1. The molecule has 1 unspecified atom stereocenters. The average molecular weight is 282 g/mol. The number of ether oxygens (including phenoxy) is 1. The van der Waals surface area contributed by atoms with Crippen molar-refractivity contribution < 1.29 is 4.74 Å². The quantitative estimate of drug-likeness (QED) is 0.931. The number of hydrogen-bond acceptors (Lipinski definition) is 3. The SMILES string of the molecule is CNCc1cnc(C)cc1OC1CCCc2ccccc21. The van der Waals surface area contributed by atoms with E-state index in [1.54, 1.807) is 0 Å². The van der Waals surface area contributed by atoms with Gasteiger partial charge in [0, 0.05) is 30.1 Å². The van der Waals surface area contributed by atoms with Crippen LogP contribution in [0.4, 0.5) is 0 Å². The van der Waals surface area contributed by atoms with Crippen molar-refractivity contribution in [2.45, 2.75) is 38.8 Å². The predicted molar refractivity (Wildman–Crippen MR) is 84.5 cm³/mol. The van der Waals surface area contributed by atoms with E-state index < -0.39 is 0 Å². The lowest BCUT2D eigenvalue weighted by atomic mass is 9.89. The van der Waals surface area contributed by atoms with E-state index in [-0.39, 0.29) is 6.10 Å². The van der Waals surface area contributed by atoms with Crippen LogP contribution in [-0.2, 0) is 13.0 Å². The normalized spacial score (nSPS) is 17.3. The second-order valence-electron chi connectivity index (χ2n) is 5.66. The van der Waals surface area contributed by atoms with Gasteiger partial charge in [-0.25, -0.2) is 0 Å². The predicted octanol–water partition coefficient (Wildman–Crippen LogP) is 3.57. The maximum atomic E-state index is 6.37. The van der Waals surface area contributed by atoms with E-state index >= 15 is 0 Å². The minimum Gasteiger partial charge on any atom is -0.485 e. The molecular formula is C18H22N2O. The molecule has 0 fully saturated rings. The Bertz CT molecular complexity index is 624. The van der Waals surface area contributed by atoms with Crippen LogP contribution < -0.4 is 10.1 Å². The molecule has 1 aliphatic carbocycles. The topological polar surface area (TPSA) is 34.2 Å². The van der Waals surface area contributed by atoms with Gasteiger partial charge in [0.15, 0.2) is 0 Å². The maximum Gasteiger partial charge on any atom is 0.128 e. The van der Waals surface area contributed by atoms with E-state index in [0.717, 1.165) is 36.4 Å². The Morgan fingerprint density at radius 2 is 2.19 bits per heavy atom. The molecule has 0 saturated carbocycles. The van der Waals surface area contributed by atoms with Gasteiger partial charge in [-0.1, -0.05) is 24.3 Å². The number of nitrogens with zero attached hydrogens (tertiary/aromatic N) is 1. The van der Waals surface area contributed by atoms with Gasteiger partial charge < -0.3 is 10.1 Å². The average Bonchev–Trinajstić information content (AvgIpc) is 2.50. The second kappa shape index (κ2) is 6.27. The monoisotopic (exact) mass is 282 g/mol. The summed E-state index contributed by atoms with van der Waals surface area (Å²) in [5, 5.41) is 3.18. The molecule has 3 nitrogen and oxygen atoms in total. The molecule has 2 aromatic rings. The van der Waals surface area contributed by atoms with Crippen LogP contribution in [0.5, 0.6) is 5.75 Å². The smallest absolute Gasteiger partial charge is 0.128 e. The van der Waals surface area contributed by atoms with Gasteiger partial charge >= 0.3 is 0 Å². The second-order valence-corrected chi connectivity index (χ2v) is 5.66. The van der Waals surface area contributed by atoms with Crippen molar-refractivity contribution in [3.8, 4) is 5.75 Å². The van der Waals surface area contributed by atoms with Crippen LogP contribution in [0, 0.1) is 6.92 Å². The van der Waals surface area contributed by atoms with Crippen LogP contribution in [0.1, 0.15) is 41.3 Å². The molecule has 0 amide bonds. The van der Waals surface area contributed by atoms with Crippen molar-refractivity contribution in [3.63, 3.8) is 0 Å². The highest BCUT2D eigenvalue weighted by atomic mass is 16.5. The standard InChI is InChI=1S/C18H22N2O/c1-13-10-18(15(11-19-2)12-20-13)21-17-9-5-7-14-6-3-4-8-16(14)17/h3-4,6,8,10,12,17,19H,5,7,9,11H2,1-2H3. The summed E-state index contributed by atoms with van der Waals surface area (Å²) in [4.78, 5) is 4.38. The van der Waals surface area contributed by atoms with Crippen LogP contribution in [0.2, 0.25) is 0 Å². The first kappa shape index (κ1) is 14.1. The highest BCUT2D eigenvalue weighted by molar-refractivity contribution is 5.36. The summed E-state index contributed by atoms with van der Waals surface area (Å²) >= 11 is 0. The molecule has 0 saturated heterocycles. The summed E-state index contributed by atoms with van der Waals surface area (Å²) in [5.41, 5.74) is 4.88. The van der Waals surface area contributed by atoms with E-state index in [2.05, 4.69) is 34.6 Å². The van der Waals surface area contributed by atoms with Crippen LogP contribution in [0.3, 0.4) is 0 Å². The maximum absolute atomic E-state index is 6.37. The van der Waals surface area contributed by atoms with Crippen LogP contribution in [-0.4, -0.2) is 12.0 Å². The van der Waals surface area contributed by atoms with Crippen LogP contribution in [0.15, 0.2) is 36.5 Å². The van der Waals surface area contributed by atoms with Gasteiger partial charge in [-0.2, -0.15) is 0 Å². The van der Waals surface area contributed by atoms with Gasteiger partial charge in [-0.05, 0) is 44.4 Å². The largest absolute Gasteiger partial charge is 0.485 e. The molecule has 3 rings (SSSR count). The molecule has 0 bridgehead atoms. The van der Waals surface area contributed by atoms with Crippen molar-refractivity contribution in [1.29, 1.82) is 0 Å². The number of aromatic nitrogens is 1. The molecule has 1 aliphatic rings. The molecule has 1 aromatic carbocycles. The molecule has 1 N–H and O–H groups in total.